The first-order chi connectivity index (χ1) is 10.7. The molecular weight excluding hydrogens is 280 g/mol. The first-order valence-electron chi connectivity index (χ1n) is 6.78. The van der Waals surface area contributed by atoms with Crippen molar-refractivity contribution in [3.05, 3.63) is 59.7 Å². The quantitative estimate of drug-likeness (QED) is 0.535. The van der Waals surface area contributed by atoms with Gasteiger partial charge in [-0.1, -0.05) is 24.3 Å². The molecule has 4 nitrogen and oxygen atoms in total. The fraction of sp³-hybridized carbons (Fsp3) is 0.111. The highest BCUT2D eigenvalue weighted by Crippen LogP contribution is 2.29. The van der Waals surface area contributed by atoms with Crippen molar-refractivity contribution < 1.29 is 19.1 Å². The third kappa shape index (κ3) is 2.19. The van der Waals surface area contributed by atoms with Gasteiger partial charge in [0.15, 0.2) is 0 Å². The Kier molecular flexibility index (Phi) is 3.51. The van der Waals surface area contributed by atoms with E-state index in [2.05, 4.69) is 0 Å². The monoisotopic (exact) mass is 294 g/mol. The number of hydrogen-bond donors (Lipinski definition) is 0. The Morgan fingerprint density at radius 3 is 1.50 bits per heavy atom. The van der Waals surface area contributed by atoms with Gasteiger partial charge in [0.2, 0.25) is 0 Å². The summed E-state index contributed by atoms with van der Waals surface area (Å²) in [5, 5.41) is 3.33. The van der Waals surface area contributed by atoms with E-state index in [0.717, 1.165) is 10.8 Å². The van der Waals surface area contributed by atoms with E-state index < -0.39 is 11.9 Å². The van der Waals surface area contributed by atoms with Crippen molar-refractivity contribution in [2.75, 3.05) is 14.2 Å². The predicted octanol–water partition coefficient (Wildman–Crippen LogP) is 3.57. The summed E-state index contributed by atoms with van der Waals surface area (Å²) in [6, 6.07) is 14.7. The molecule has 0 amide bonds. The van der Waals surface area contributed by atoms with Crippen LogP contribution in [-0.2, 0) is 9.47 Å². The van der Waals surface area contributed by atoms with Crippen LogP contribution in [0.5, 0.6) is 0 Å². The molecule has 0 saturated heterocycles. The highest BCUT2D eigenvalue weighted by atomic mass is 16.5. The first-order valence-corrected chi connectivity index (χ1v) is 6.78. The van der Waals surface area contributed by atoms with Crippen LogP contribution in [0.15, 0.2) is 48.5 Å². The Labute approximate surface area is 127 Å². The molecule has 0 radical (unpaired) electrons. The summed E-state index contributed by atoms with van der Waals surface area (Å²) in [6.45, 7) is 0. The second kappa shape index (κ2) is 5.48. The molecule has 0 fully saturated rings. The maximum atomic E-state index is 12.0. The largest absolute Gasteiger partial charge is 0.465 e. The van der Waals surface area contributed by atoms with Crippen molar-refractivity contribution in [3.8, 4) is 0 Å². The second-order valence-electron chi connectivity index (χ2n) is 4.89. The Bertz CT molecular complexity index is 822. The lowest BCUT2D eigenvalue weighted by atomic mass is 9.96. The van der Waals surface area contributed by atoms with Gasteiger partial charge in [0.1, 0.15) is 0 Å². The zero-order valence-corrected chi connectivity index (χ0v) is 12.3. The van der Waals surface area contributed by atoms with E-state index in [0.29, 0.717) is 21.9 Å². The minimum Gasteiger partial charge on any atom is -0.465 e. The minimum absolute atomic E-state index is 0.427. The van der Waals surface area contributed by atoms with Crippen LogP contribution in [-0.4, -0.2) is 26.2 Å². The molecule has 3 rings (SSSR count). The lowest BCUT2D eigenvalue weighted by Gasteiger charge is -2.10. The Morgan fingerprint density at radius 1 is 0.727 bits per heavy atom. The maximum Gasteiger partial charge on any atom is 0.338 e. The summed E-state index contributed by atoms with van der Waals surface area (Å²) < 4.78 is 9.66. The number of rotatable bonds is 2. The summed E-state index contributed by atoms with van der Waals surface area (Å²) >= 11 is 0. The van der Waals surface area contributed by atoms with Gasteiger partial charge in [-0.3, -0.25) is 0 Å². The van der Waals surface area contributed by atoms with Crippen molar-refractivity contribution in [1.82, 2.24) is 0 Å². The van der Waals surface area contributed by atoms with Crippen molar-refractivity contribution in [3.63, 3.8) is 0 Å². The van der Waals surface area contributed by atoms with Gasteiger partial charge in [0.25, 0.3) is 0 Å². The molecule has 0 spiro atoms. The topological polar surface area (TPSA) is 52.6 Å². The molecule has 0 atom stereocenters. The molecule has 0 bridgehead atoms. The van der Waals surface area contributed by atoms with Crippen LogP contribution in [0.4, 0.5) is 0 Å². The molecular formula is C18H14O4. The van der Waals surface area contributed by atoms with E-state index in [1.54, 1.807) is 12.1 Å². The molecule has 0 unspecified atom stereocenters. The van der Waals surface area contributed by atoms with E-state index in [1.165, 1.54) is 14.2 Å². The number of carbonyl (C=O) groups excluding carboxylic acids is 2. The maximum absolute atomic E-state index is 12.0. The number of esters is 2. The van der Waals surface area contributed by atoms with Crippen LogP contribution in [0.2, 0.25) is 0 Å². The third-order valence-corrected chi connectivity index (χ3v) is 3.69. The van der Waals surface area contributed by atoms with E-state index in [1.807, 2.05) is 36.4 Å². The van der Waals surface area contributed by atoms with Crippen LogP contribution in [0.25, 0.3) is 21.5 Å². The molecule has 0 aliphatic heterocycles. The lowest BCUT2D eigenvalue weighted by molar-refractivity contribution is 0.0590. The van der Waals surface area contributed by atoms with E-state index in [-0.39, 0.29) is 0 Å². The Morgan fingerprint density at radius 2 is 1.14 bits per heavy atom. The van der Waals surface area contributed by atoms with Crippen LogP contribution in [0, 0.1) is 0 Å². The van der Waals surface area contributed by atoms with E-state index in [9.17, 15) is 9.59 Å². The average molecular weight is 294 g/mol. The first kappa shape index (κ1) is 14.1. The third-order valence-electron chi connectivity index (χ3n) is 3.69. The fourth-order valence-corrected chi connectivity index (χ4v) is 2.61. The van der Waals surface area contributed by atoms with Crippen LogP contribution >= 0.6 is 0 Å². The predicted molar refractivity (Wildman–Crippen MR) is 84.1 cm³/mol. The number of methoxy groups -OCH3 is 2. The van der Waals surface area contributed by atoms with E-state index >= 15 is 0 Å². The molecule has 3 aromatic rings. The van der Waals surface area contributed by atoms with Gasteiger partial charge in [-0.15, -0.1) is 0 Å². The van der Waals surface area contributed by atoms with Crippen LogP contribution in [0.1, 0.15) is 20.7 Å². The smallest absolute Gasteiger partial charge is 0.338 e. The van der Waals surface area contributed by atoms with Crippen molar-refractivity contribution in [2.45, 2.75) is 0 Å². The Hall–Kier alpha value is -2.88. The number of hydrogen-bond acceptors (Lipinski definition) is 4. The van der Waals surface area contributed by atoms with Crippen molar-refractivity contribution >= 4 is 33.5 Å². The summed E-state index contributed by atoms with van der Waals surface area (Å²) in [4.78, 5) is 24.0. The van der Waals surface area contributed by atoms with Gasteiger partial charge in [-0.25, -0.2) is 9.59 Å². The van der Waals surface area contributed by atoms with Gasteiger partial charge in [-0.05, 0) is 45.8 Å². The van der Waals surface area contributed by atoms with Gasteiger partial charge >= 0.3 is 11.9 Å². The zero-order chi connectivity index (χ0) is 15.7. The van der Waals surface area contributed by atoms with Gasteiger partial charge in [0.05, 0.1) is 25.3 Å². The van der Waals surface area contributed by atoms with Gasteiger partial charge in [-0.2, -0.15) is 0 Å². The highest BCUT2D eigenvalue weighted by molar-refractivity contribution is 6.15. The number of ether oxygens (including phenoxy) is 2. The number of benzene rings is 3. The molecule has 0 aromatic heterocycles. The van der Waals surface area contributed by atoms with Gasteiger partial charge in [0, 0.05) is 0 Å². The molecule has 4 heteroatoms. The molecule has 0 aliphatic carbocycles. The zero-order valence-electron chi connectivity index (χ0n) is 12.3. The normalized spacial score (nSPS) is 10.6. The summed E-state index contributed by atoms with van der Waals surface area (Å²) in [5.41, 5.74) is 0.854. The molecule has 3 aromatic carbocycles. The molecule has 0 N–H and O–H groups in total. The van der Waals surface area contributed by atoms with Gasteiger partial charge < -0.3 is 9.47 Å². The average Bonchev–Trinajstić information content (AvgIpc) is 2.57. The summed E-state index contributed by atoms with van der Waals surface area (Å²) in [7, 11) is 2.67. The van der Waals surface area contributed by atoms with Crippen LogP contribution in [0.3, 0.4) is 0 Å². The van der Waals surface area contributed by atoms with Crippen LogP contribution < -0.4 is 0 Å². The lowest BCUT2D eigenvalue weighted by Crippen LogP contribution is -2.06. The summed E-state index contributed by atoms with van der Waals surface area (Å²) in [5.74, 6) is -0.867. The molecule has 110 valence electrons. The molecule has 0 heterocycles. The second-order valence-corrected chi connectivity index (χ2v) is 4.89. The fourth-order valence-electron chi connectivity index (χ4n) is 2.61. The number of fused-ring (bicyclic) bond motifs is 2. The van der Waals surface area contributed by atoms with Crippen molar-refractivity contribution in [1.29, 1.82) is 0 Å². The highest BCUT2D eigenvalue weighted by Gasteiger charge is 2.17. The molecule has 22 heavy (non-hydrogen) atoms. The number of carbonyl (C=O) groups is 2. The molecule has 0 aliphatic rings. The Balaban J connectivity index is 2.43. The SMILES string of the molecule is COC(=O)c1ccc(C(=O)OC)c2cc3ccccc3cc12. The molecule has 0 saturated carbocycles. The standard InChI is InChI=1S/C18H14O4/c1-21-17(19)13-7-8-14(18(20)22-2)16-10-12-6-4-3-5-11(12)9-15(13)16/h3-10H,1-2H3. The summed E-state index contributed by atoms with van der Waals surface area (Å²) in [6.07, 6.45) is 0. The minimum atomic E-state index is -0.434. The van der Waals surface area contributed by atoms with E-state index in [4.69, 9.17) is 9.47 Å². The van der Waals surface area contributed by atoms with Crippen molar-refractivity contribution in [2.24, 2.45) is 0 Å².